The van der Waals surface area contributed by atoms with Crippen LogP contribution in [0.3, 0.4) is 0 Å². The number of ether oxygens (including phenoxy) is 2. The highest BCUT2D eigenvalue weighted by Gasteiger charge is 2.55. The SMILES string of the molecule is COC(=O)c1ccc2nc3c4c(c5ccccc5c3nc2c1)OC(C)(C)C1CCC(C)CC41N. The second-order valence-corrected chi connectivity index (χ2v) is 10.6. The normalized spacial score (nSPS) is 25.6. The van der Waals surface area contributed by atoms with Crippen LogP contribution in [0, 0.1) is 11.8 Å². The standard InChI is InChI=1S/C28H29N3O3/c1-15-9-12-21-27(2,3)34-25-18-8-6-5-7-17(18)23-24(22(25)28(21,29)14-15)30-19-11-10-16(26(32)33-4)13-20(19)31-23/h5-8,10-11,13,15,21H,9,12,14,29H2,1-4H3. The molecule has 0 radical (unpaired) electrons. The molecule has 0 amide bonds. The van der Waals surface area contributed by atoms with Crippen LogP contribution in [-0.4, -0.2) is 28.6 Å². The molecule has 2 aliphatic rings. The lowest BCUT2D eigenvalue weighted by molar-refractivity contribution is -0.0503. The molecular formula is C28H29N3O3. The third kappa shape index (κ3) is 2.88. The highest BCUT2D eigenvalue weighted by molar-refractivity contribution is 6.11. The predicted octanol–water partition coefficient (Wildman–Crippen LogP) is 5.48. The minimum Gasteiger partial charge on any atom is -0.486 e. The van der Waals surface area contributed by atoms with E-state index in [1.165, 1.54) is 7.11 Å². The van der Waals surface area contributed by atoms with Crippen molar-refractivity contribution in [3.8, 4) is 5.75 Å². The van der Waals surface area contributed by atoms with Crippen molar-refractivity contribution in [1.82, 2.24) is 9.97 Å². The summed E-state index contributed by atoms with van der Waals surface area (Å²) in [4.78, 5) is 22.2. The number of rotatable bonds is 1. The maximum absolute atomic E-state index is 12.1. The topological polar surface area (TPSA) is 87.3 Å². The van der Waals surface area contributed by atoms with Gasteiger partial charge in [-0.05, 0) is 50.8 Å². The largest absolute Gasteiger partial charge is 0.486 e. The summed E-state index contributed by atoms with van der Waals surface area (Å²) in [6, 6.07) is 13.5. The van der Waals surface area contributed by atoms with E-state index in [0.717, 1.165) is 52.4 Å². The van der Waals surface area contributed by atoms with E-state index in [1.54, 1.807) is 12.1 Å². The number of nitrogens with two attached hydrogens (primary N) is 1. The second-order valence-electron chi connectivity index (χ2n) is 10.6. The highest BCUT2D eigenvalue weighted by Crippen LogP contribution is 2.57. The molecule has 0 saturated heterocycles. The zero-order chi connectivity index (χ0) is 23.8. The first-order chi connectivity index (χ1) is 16.2. The number of hydrogen-bond donors (Lipinski definition) is 1. The molecule has 1 saturated carbocycles. The molecule has 3 atom stereocenters. The van der Waals surface area contributed by atoms with E-state index in [0.29, 0.717) is 22.5 Å². The molecule has 3 aromatic carbocycles. The number of fused-ring (bicyclic) bond motifs is 9. The van der Waals surface area contributed by atoms with Crippen LogP contribution < -0.4 is 10.5 Å². The Morgan fingerprint density at radius 3 is 2.56 bits per heavy atom. The van der Waals surface area contributed by atoms with Crippen LogP contribution >= 0.6 is 0 Å². The van der Waals surface area contributed by atoms with Gasteiger partial charge in [-0.25, -0.2) is 14.8 Å². The van der Waals surface area contributed by atoms with Gasteiger partial charge in [-0.1, -0.05) is 37.6 Å². The Balaban J connectivity index is 1.75. The molecule has 2 heterocycles. The minimum absolute atomic E-state index is 0.173. The number of carbonyl (C=O) groups excluding carboxylic acids is 1. The van der Waals surface area contributed by atoms with Gasteiger partial charge in [-0.2, -0.15) is 0 Å². The Labute approximate surface area is 198 Å². The maximum Gasteiger partial charge on any atom is 0.337 e. The molecule has 1 aromatic heterocycles. The quantitative estimate of drug-likeness (QED) is 0.232. The van der Waals surface area contributed by atoms with Crippen LogP contribution in [0.25, 0.3) is 32.8 Å². The Bertz CT molecular complexity index is 1500. The van der Waals surface area contributed by atoms with Gasteiger partial charge >= 0.3 is 5.97 Å². The fraction of sp³-hybridized carbons (Fsp3) is 0.393. The third-order valence-electron chi connectivity index (χ3n) is 7.90. The summed E-state index contributed by atoms with van der Waals surface area (Å²) in [7, 11) is 1.38. The van der Waals surface area contributed by atoms with Crippen molar-refractivity contribution in [1.29, 1.82) is 0 Å². The molecule has 6 nitrogen and oxygen atoms in total. The summed E-state index contributed by atoms with van der Waals surface area (Å²) in [5, 5.41) is 1.97. The Kier molecular flexibility index (Phi) is 4.46. The summed E-state index contributed by atoms with van der Waals surface area (Å²) in [5.41, 5.74) is 10.8. The van der Waals surface area contributed by atoms with Gasteiger partial charge in [0.1, 0.15) is 11.4 Å². The molecule has 34 heavy (non-hydrogen) atoms. The Morgan fingerprint density at radius 1 is 1.06 bits per heavy atom. The monoisotopic (exact) mass is 455 g/mol. The maximum atomic E-state index is 12.1. The van der Waals surface area contributed by atoms with E-state index < -0.39 is 17.1 Å². The zero-order valence-electron chi connectivity index (χ0n) is 20.0. The molecule has 3 unspecified atom stereocenters. The molecule has 174 valence electrons. The van der Waals surface area contributed by atoms with Crippen LogP contribution in [0.5, 0.6) is 5.75 Å². The first-order valence-corrected chi connectivity index (χ1v) is 12.0. The van der Waals surface area contributed by atoms with Gasteiger partial charge in [0, 0.05) is 22.3 Å². The fourth-order valence-corrected chi connectivity index (χ4v) is 6.44. The van der Waals surface area contributed by atoms with Crippen molar-refractivity contribution in [3.63, 3.8) is 0 Å². The number of methoxy groups -OCH3 is 1. The number of carbonyl (C=O) groups is 1. The molecule has 4 aromatic rings. The molecule has 1 aliphatic heterocycles. The third-order valence-corrected chi connectivity index (χ3v) is 7.90. The summed E-state index contributed by atoms with van der Waals surface area (Å²) >= 11 is 0. The summed E-state index contributed by atoms with van der Waals surface area (Å²) in [6.07, 6.45) is 3.04. The fourth-order valence-electron chi connectivity index (χ4n) is 6.44. The van der Waals surface area contributed by atoms with E-state index in [2.05, 4.69) is 32.9 Å². The Hall–Kier alpha value is -3.25. The number of benzene rings is 3. The van der Waals surface area contributed by atoms with Gasteiger partial charge in [-0.15, -0.1) is 0 Å². The number of hydrogen-bond acceptors (Lipinski definition) is 6. The van der Waals surface area contributed by atoms with E-state index in [4.69, 9.17) is 25.2 Å². The number of aromatic nitrogens is 2. The lowest BCUT2D eigenvalue weighted by Crippen LogP contribution is -2.60. The summed E-state index contributed by atoms with van der Waals surface area (Å²) < 4.78 is 11.7. The van der Waals surface area contributed by atoms with Crippen LogP contribution in [0.4, 0.5) is 0 Å². The van der Waals surface area contributed by atoms with Crippen molar-refractivity contribution >= 4 is 38.8 Å². The van der Waals surface area contributed by atoms with Gasteiger partial charge in [0.15, 0.2) is 0 Å². The zero-order valence-corrected chi connectivity index (χ0v) is 20.0. The van der Waals surface area contributed by atoms with E-state index in [-0.39, 0.29) is 5.92 Å². The number of esters is 1. The summed E-state index contributed by atoms with van der Waals surface area (Å²) in [5.74, 6) is 1.13. The van der Waals surface area contributed by atoms with Gasteiger partial charge in [0.25, 0.3) is 0 Å². The average molecular weight is 456 g/mol. The number of nitrogens with zero attached hydrogens (tertiary/aromatic N) is 2. The van der Waals surface area contributed by atoms with Crippen molar-refractivity contribution in [2.45, 2.75) is 51.2 Å². The molecule has 1 fully saturated rings. The second kappa shape index (κ2) is 7.12. The average Bonchev–Trinajstić information content (AvgIpc) is 2.81. The van der Waals surface area contributed by atoms with Crippen molar-refractivity contribution in [2.24, 2.45) is 17.6 Å². The van der Waals surface area contributed by atoms with Gasteiger partial charge in [-0.3, -0.25) is 0 Å². The molecule has 1 aliphatic carbocycles. The molecule has 6 heteroatoms. The smallest absolute Gasteiger partial charge is 0.337 e. The van der Waals surface area contributed by atoms with Crippen LogP contribution in [0.2, 0.25) is 0 Å². The van der Waals surface area contributed by atoms with Crippen molar-refractivity contribution in [3.05, 3.63) is 53.6 Å². The van der Waals surface area contributed by atoms with Crippen molar-refractivity contribution < 1.29 is 14.3 Å². The van der Waals surface area contributed by atoms with E-state index >= 15 is 0 Å². The van der Waals surface area contributed by atoms with E-state index in [1.807, 2.05) is 18.2 Å². The minimum atomic E-state index is -0.564. The molecule has 0 spiro atoms. The lowest BCUT2D eigenvalue weighted by Gasteiger charge is -2.54. The van der Waals surface area contributed by atoms with Gasteiger partial charge in [0.05, 0.1) is 40.3 Å². The molecule has 6 rings (SSSR count). The van der Waals surface area contributed by atoms with Gasteiger partial charge in [0.2, 0.25) is 0 Å². The molecule has 2 N–H and O–H groups in total. The Morgan fingerprint density at radius 2 is 1.79 bits per heavy atom. The van der Waals surface area contributed by atoms with Crippen LogP contribution in [0.15, 0.2) is 42.5 Å². The van der Waals surface area contributed by atoms with Gasteiger partial charge < -0.3 is 15.2 Å². The molecular weight excluding hydrogens is 426 g/mol. The highest BCUT2D eigenvalue weighted by atomic mass is 16.5. The van der Waals surface area contributed by atoms with Crippen molar-refractivity contribution in [2.75, 3.05) is 7.11 Å². The molecule has 0 bridgehead atoms. The lowest BCUT2D eigenvalue weighted by atomic mass is 9.59. The predicted molar refractivity (Wildman–Crippen MR) is 133 cm³/mol. The first kappa shape index (κ1) is 21.3. The van der Waals surface area contributed by atoms with Crippen LogP contribution in [-0.2, 0) is 10.3 Å². The van der Waals surface area contributed by atoms with E-state index in [9.17, 15) is 4.79 Å². The first-order valence-electron chi connectivity index (χ1n) is 12.0. The summed E-state index contributed by atoms with van der Waals surface area (Å²) in [6.45, 7) is 6.61. The van der Waals surface area contributed by atoms with Crippen LogP contribution in [0.1, 0.15) is 56.0 Å².